The molecule has 7 nitrogen and oxygen atoms in total. The number of nitro benzene ring substituents is 1. The average molecular weight is 276 g/mol. The molecule has 2 unspecified atom stereocenters. The van der Waals surface area contributed by atoms with Crippen molar-refractivity contribution < 1.29 is 9.66 Å². The van der Waals surface area contributed by atoms with E-state index in [4.69, 9.17) is 15.7 Å². The Morgan fingerprint density at radius 1 is 1.65 bits per heavy atom. The normalized spacial score (nSPS) is 20.2. The van der Waals surface area contributed by atoms with Gasteiger partial charge in [0.2, 0.25) is 0 Å². The maximum atomic E-state index is 11.1. The van der Waals surface area contributed by atoms with Gasteiger partial charge in [-0.05, 0) is 19.1 Å². The fourth-order valence-corrected chi connectivity index (χ4v) is 2.21. The number of nitriles is 1. The van der Waals surface area contributed by atoms with Crippen LogP contribution in [-0.4, -0.2) is 36.8 Å². The van der Waals surface area contributed by atoms with E-state index in [-0.39, 0.29) is 17.8 Å². The predicted octanol–water partition coefficient (Wildman–Crippen LogP) is 1.02. The van der Waals surface area contributed by atoms with Gasteiger partial charge < -0.3 is 15.4 Å². The van der Waals surface area contributed by atoms with E-state index < -0.39 is 4.92 Å². The smallest absolute Gasteiger partial charge is 0.292 e. The van der Waals surface area contributed by atoms with Crippen molar-refractivity contribution in [1.82, 2.24) is 0 Å². The lowest BCUT2D eigenvalue weighted by Gasteiger charge is -2.35. The first kappa shape index (κ1) is 14.2. The third-order valence-corrected chi connectivity index (χ3v) is 3.32. The molecule has 106 valence electrons. The van der Waals surface area contributed by atoms with Crippen LogP contribution >= 0.6 is 0 Å². The average Bonchev–Trinajstić information content (AvgIpc) is 2.46. The number of rotatable bonds is 3. The minimum Gasteiger partial charge on any atom is -0.373 e. The summed E-state index contributed by atoms with van der Waals surface area (Å²) in [6.45, 7) is 3.32. The van der Waals surface area contributed by atoms with E-state index in [9.17, 15) is 10.1 Å². The molecule has 2 N–H and O–H groups in total. The maximum Gasteiger partial charge on any atom is 0.292 e. The second-order valence-corrected chi connectivity index (χ2v) is 4.79. The van der Waals surface area contributed by atoms with Gasteiger partial charge in [0.05, 0.1) is 29.3 Å². The molecular weight excluding hydrogens is 260 g/mol. The van der Waals surface area contributed by atoms with Crippen LogP contribution in [0.25, 0.3) is 0 Å². The molecule has 0 radical (unpaired) electrons. The van der Waals surface area contributed by atoms with E-state index in [1.165, 1.54) is 12.1 Å². The largest absolute Gasteiger partial charge is 0.373 e. The Hall–Kier alpha value is -2.17. The van der Waals surface area contributed by atoms with E-state index in [1.807, 2.05) is 17.9 Å². The van der Waals surface area contributed by atoms with E-state index in [1.54, 1.807) is 6.07 Å². The molecule has 7 heteroatoms. The number of nitro groups is 1. The molecule has 2 rings (SSSR count). The first-order chi connectivity index (χ1) is 9.52. The van der Waals surface area contributed by atoms with Gasteiger partial charge in [-0.3, -0.25) is 10.1 Å². The predicted molar refractivity (Wildman–Crippen MR) is 73.4 cm³/mol. The Labute approximate surface area is 116 Å². The fourth-order valence-electron chi connectivity index (χ4n) is 2.21. The Morgan fingerprint density at radius 3 is 3.00 bits per heavy atom. The van der Waals surface area contributed by atoms with Crippen LogP contribution in [0.15, 0.2) is 18.2 Å². The van der Waals surface area contributed by atoms with Crippen LogP contribution in [0.5, 0.6) is 0 Å². The van der Waals surface area contributed by atoms with Gasteiger partial charge in [0.15, 0.2) is 0 Å². The minimum atomic E-state index is -0.438. The molecule has 1 aromatic rings. The van der Waals surface area contributed by atoms with E-state index in [2.05, 4.69) is 0 Å². The second-order valence-electron chi connectivity index (χ2n) is 4.79. The summed E-state index contributed by atoms with van der Waals surface area (Å²) in [5.74, 6) is 0. The lowest BCUT2D eigenvalue weighted by atomic mass is 10.1. The second kappa shape index (κ2) is 5.86. The monoisotopic (exact) mass is 276 g/mol. The molecule has 2 atom stereocenters. The summed E-state index contributed by atoms with van der Waals surface area (Å²) in [6.07, 6.45) is -0.172. The highest BCUT2D eigenvalue weighted by molar-refractivity contribution is 5.66. The topological polar surface area (TPSA) is 105 Å². The molecule has 0 saturated carbocycles. The molecule has 1 saturated heterocycles. The van der Waals surface area contributed by atoms with Crippen molar-refractivity contribution in [3.63, 3.8) is 0 Å². The van der Waals surface area contributed by atoms with Gasteiger partial charge >= 0.3 is 0 Å². The third-order valence-electron chi connectivity index (χ3n) is 3.32. The van der Waals surface area contributed by atoms with Gasteiger partial charge in [-0.2, -0.15) is 5.26 Å². The summed E-state index contributed by atoms with van der Waals surface area (Å²) < 4.78 is 5.55. The van der Waals surface area contributed by atoms with E-state index in [0.29, 0.717) is 30.9 Å². The first-order valence-corrected chi connectivity index (χ1v) is 6.33. The third kappa shape index (κ3) is 2.87. The molecule has 0 aromatic heterocycles. The number of benzene rings is 1. The summed E-state index contributed by atoms with van der Waals surface area (Å²) in [4.78, 5) is 12.5. The Balaban J connectivity index is 2.35. The number of ether oxygens (including phenoxy) is 1. The van der Waals surface area contributed by atoms with Crippen LogP contribution in [0.1, 0.15) is 12.5 Å². The molecule has 1 fully saturated rings. The lowest BCUT2D eigenvalue weighted by Crippen LogP contribution is -2.49. The summed E-state index contributed by atoms with van der Waals surface area (Å²) in [7, 11) is 0. The van der Waals surface area contributed by atoms with Crippen molar-refractivity contribution >= 4 is 11.4 Å². The highest BCUT2D eigenvalue weighted by Crippen LogP contribution is 2.30. The van der Waals surface area contributed by atoms with Crippen molar-refractivity contribution in [1.29, 1.82) is 5.26 Å². The van der Waals surface area contributed by atoms with Crippen molar-refractivity contribution in [2.75, 3.05) is 24.6 Å². The number of hydrogen-bond acceptors (Lipinski definition) is 6. The summed E-state index contributed by atoms with van der Waals surface area (Å²) in [5, 5.41) is 20.1. The van der Waals surface area contributed by atoms with Crippen LogP contribution in [-0.2, 0) is 4.74 Å². The summed E-state index contributed by atoms with van der Waals surface area (Å²) in [6, 6.07) is 6.20. The molecule has 20 heavy (non-hydrogen) atoms. The quantitative estimate of drug-likeness (QED) is 0.652. The van der Waals surface area contributed by atoms with Crippen LogP contribution < -0.4 is 10.6 Å². The molecule has 1 heterocycles. The maximum absolute atomic E-state index is 11.1. The highest BCUT2D eigenvalue weighted by Gasteiger charge is 2.28. The summed E-state index contributed by atoms with van der Waals surface area (Å²) >= 11 is 0. The number of nitrogens with zero attached hydrogens (tertiary/aromatic N) is 3. The van der Waals surface area contributed by atoms with E-state index in [0.717, 1.165) is 0 Å². The molecule has 0 spiro atoms. The Kier molecular flexibility index (Phi) is 4.17. The van der Waals surface area contributed by atoms with Gasteiger partial charge in [0.1, 0.15) is 5.69 Å². The molecular formula is C13H16N4O3. The van der Waals surface area contributed by atoms with Crippen molar-refractivity contribution in [3.8, 4) is 6.07 Å². The zero-order chi connectivity index (χ0) is 14.7. The highest BCUT2D eigenvalue weighted by atomic mass is 16.6. The number of morpholine rings is 1. The van der Waals surface area contributed by atoms with Crippen LogP contribution in [0.3, 0.4) is 0 Å². The number of hydrogen-bond donors (Lipinski definition) is 1. The molecule has 1 aliphatic heterocycles. The zero-order valence-corrected chi connectivity index (χ0v) is 11.2. The van der Waals surface area contributed by atoms with Crippen molar-refractivity contribution in [3.05, 3.63) is 33.9 Å². The van der Waals surface area contributed by atoms with E-state index >= 15 is 0 Å². The summed E-state index contributed by atoms with van der Waals surface area (Å²) in [5.41, 5.74) is 6.66. The molecule has 1 aliphatic rings. The first-order valence-electron chi connectivity index (χ1n) is 6.33. The van der Waals surface area contributed by atoms with Gasteiger partial charge in [0, 0.05) is 25.2 Å². The Morgan fingerprint density at radius 2 is 2.40 bits per heavy atom. The van der Waals surface area contributed by atoms with Crippen molar-refractivity contribution in [2.24, 2.45) is 5.73 Å². The molecule has 0 aliphatic carbocycles. The van der Waals surface area contributed by atoms with Gasteiger partial charge in [-0.15, -0.1) is 0 Å². The van der Waals surface area contributed by atoms with Crippen LogP contribution in [0, 0.1) is 21.4 Å². The van der Waals surface area contributed by atoms with Crippen LogP contribution in [0.4, 0.5) is 11.4 Å². The fraction of sp³-hybridized carbons (Fsp3) is 0.462. The van der Waals surface area contributed by atoms with Gasteiger partial charge in [-0.25, -0.2) is 0 Å². The lowest BCUT2D eigenvalue weighted by molar-refractivity contribution is -0.384. The standard InChI is InChI=1S/C13H16N4O3/c1-9(15)13-8-16(4-5-20-13)12-6-10(7-14)2-3-11(12)17(18)19/h2-3,6,9,13H,4-5,8,15H2,1H3. The molecule has 1 aromatic carbocycles. The number of nitrogens with two attached hydrogens (primary N) is 1. The minimum absolute atomic E-state index is 0.00526. The zero-order valence-electron chi connectivity index (χ0n) is 11.2. The molecule has 0 bridgehead atoms. The van der Waals surface area contributed by atoms with Crippen molar-refractivity contribution in [2.45, 2.75) is 19.1 Å². The van der Waals surface area contributed by atoms with Gasteiger partial charge in [0.25, 0.3) is 5.69 Å². The van der Waals surface area contributed by atoms with Crippen LogP contribution in [0.2, 0.25) is 0 Å². The number of anilines is 1. The SMILES string of the molecule is CC(N)C1CN(c2cc(C#N)ccc2[N+](=O)[O-])CCO1. The Bertz CT molecular complexity index is 553. The van der Waals surface area contributed by atoms with Gasteiger partial charge in [-0.1, -0.05) is 0 Å². The molecule has 0 amide bonds.